The van der Waals surface area contributed by atoms with Crippen molar-refractivity contribution >= 4 is 5.57 Å². The summed E-state index contributed by atoms with van der Waals surface area (Å²) < 4.78 is 5.11. The van der Waals surface area contributed by atoms with Gasteiger partial charge in [0.1, 0.15) is 12.0 Å². The van der Waals surface area contributed by atoms with Gasteiger partial charge in [-0.2, -0.15) is 0 Å². The van der Waals surface area contributed by atoms with Crippen molar-refractivity contribution in [2.24, 2.45) is 0 Å². The Morgan fingerprint density at radius 1 is 1.50 bits per heavy atom. The van der Waals surface area contributed by atoms with Crippen molar-refractivity contribution in [1.29, 1.82) is 0 Å². The molecule has 0 aliphatic rings. The predicted molar refractivity (Wildman–Crippen MR) is 49.7 cm³/mol. The average molecular weight is 163 g/mol. The second-order valence-corrected chi connectivity index (χ2v) is 2.50. The Kier molecular flexibility index (Phi) is 2.86. The molecule has 0 fully saturated rings. The zero-order chi connectivity index (χ0) is 8.97. The Hall–Kier alpha value is -1.31. The van der Waals surface area contributed by atoms with Crippen molar-refractivity contribution in [3.8, 4) is 0 Å². The summed E-state index contributed by atoms with van der Waals surface area (Å²) in [5.74, 6) is 0.703. The summed E-state index contributed by atoms with van der Waals surface area (Å²) >= 11 is 0. The van der Waals surface area contributed by atoms with Crippen molar-refractivity contribution in [3.05, 3.63) is 36.1 Å². The summed E-state index contributed by atoms with van der Waals surface area (Å²) in [5.41, 5.74) is 1.99. The fraction of sp³-hybridized carbons (Fsp3) is 0.300. The van der Waals surface area contributed by atoms with Crippen LogP contribution in [0.25, 0.3) is 5.57 Å². The van der Waals surface area contributed by atoms with Gasteiger partial charge >= 0.3 is 0 Å². The average Bonchev–Trinajstić information content (AvgIpc) is 2.47. The van der Waals surface area contributed by atoms with Gasteiger partial charge in [-0.15, -0.1) is 0 Å². The molecule has 2 heteroatoms. The molecule has 0 bridgehead atoms. The van der Waals surface area contributed by atoms with E-state index in [2.05, 4.69) is 4.98 Å². The third-order valence-electron chi connectivity index (χ3n) is 1.57. The molecule has 1 aromatic rings. The van der Waals surface area contributed by atoms with Gasteiger partial charge in [0.2, 0.25) is 0 Å². The van der Waals surface area contributed by atoms with Crippen LogP contribution in [0.1, 0.15) is 25.4 Å². The highest BCUT2D eigenvalue weighted by Gasteiger charge is 2.01. The van der Waals surface area contributed by atoms with Crippen LogP contribution in [0.4, 0.5) is 0 Å². The first kappa shape index (κ1) is 8.78. The van der Waals surface area contributed by atoms with Gasteiger partial charge in [-0.25, -0.2) is 4.98 Å². The van der Waals surface area contributed by atoms with Crippen molar-refractivity contribution < 1.29 is 4.42 Å². The highest BCUT2D eigenvalue weighted by atomic mass is 16.3. The van der Waals surface area contributed by atoms with E-state index >= 15 is 0 Å². The van der Waals surface area contributed by atoms with Gasteiger partial charge < -0.3 is 4.42 Å². The molecule has 0 saturated carbocycles. The molecule has 2 nitrogen and oxygen atoms in total. The summed E-state index contributed by atoms with van der Waals surface area (Å²) in [7, 11) is 0. The maximum atomic E-state index is 5.11. The molecule has 0 N–H and O–H groups in total. The number of oxazole rings is 1. The monoisotopic (exact) mass is 163 g/mol. The van der Waals surface area contributed by atoms with Crippen LogP contribution in [0.2, 0.25) is 0 Å². The molecular weight excluding hydrogens is 150 g/mol. The minimum atomic E-state index is 0.703. The number of nitrogens with zero attached hydrogens (tertiary/aromatic N) is 1. The fourth-order valence-corrected chi connectivity index (χ4v) is 1.01. The van der Waals surface area contributed by atoms with E-state index in [1.54, 1.807) is 6.26 Å². The maximum absolute atomic E-state index is 5.11. The summed E-state index contributed by atoms with van der Waals surface area (Å²) in [4.78, 5) is 4.21. The second-order valence-electron chi connectivity index (χ2n) is 2.50. The first-order valence-electron chi connectivity index (χ1n) is 3.99. The van der Waals surface area contributed by atoms with Crippen LogP contribution in [-0.4, -0.2) is 4.98 Å². The van der Waals surface area contributed by atoms with Gasteiger partial charge in [0, 0.05) is 6.92 Å². The molecule has 0 radical (unpaired) electrons. The number of aryl methyl sites for hydroxylation is 1. The highest BCUT2D eigenvalue weighted by molar-refractivity contribution is 5.70. The van der Waals surface area contributed by atoms with E-state index in [4.69, 9.17) is 4.42 Å². The van der Waals surface area contributed by atoms with Gasteiger partial charge in [-0.3, -0.25) is 0 Å². The second kappa shape index (κ2) is 3.90. The molecule has 0 spiro atoms. The third kappa shape index (κ3) is 1.84. The lowest BCUT2D eigenvalue weighted by atomic mass is 10.2. The molecular formula is C10H13NO. The number of rotatable bonds is 2. The Morgan fingerprint density at radius 3 is 2.67 bits per heavy atom. The zero-order valence-electron chi connectivity index (χ0n) is 7.66. The Bertz CT molecular complexity index is 307. The lowest BCUT2D eigenvalue weighted by molar-refractivity contribution is 0.521. The molecule has 1 aromatic heterocycles. The summed E-state index contributed by atoms with van der Waals surface area (Å²) in [6.07, 6.45) is 7.68. The molecule has 64 valence electrons. The van der Waals surface area contributed by atoms with E-state index < -0.39 is 0 Å². The summed E-state index contributed by atoms with van der Waals surface area (Å²) in [6.45, 7) is 5.81. The van der Waals surface area contributed by atoms with Gasteiger partial charge in [0.25, 0.3) is 0 Å². The van der Waals surface area contributed by atoms with Crippen LogP contribution >= 0.6 is 0 Å². The van der Waals surface area contributed by atoms with Crippen molar-refractivity contribution in [2.45, 2.75) is 20.8 Å². The normalized spacial score (nSPS) is 12.8. The van der Waals surface area contributed by atoms with Gasteiger partial charge in [0.15, 0.2) is 5.89 Å². The van der Waals surface area contributed by atoms with Gasteiger partial charge in [0.05, 0.1) is 0 Å². The fourth-order valence-electron chi connectivity index (χ4n) is 1.01. The standard InChI is InChI=1S/C10H13NO/c1-4-6-9(5-2)10-7-12-8(3)11-10/h4-7H,1-3H3/b6-4-,9-5+. The molecule has 0 aliphatic carbocycles. The van der Waals surface area contributed by atoms with Gasteiger partial charge in [-0.1, -0.05) is 18.2 Å². The molecule has 0 aromatic carbocycles. The van der Waals surface area contributed by atoms with Crippen LogP contribution in [0.15, 0.2) is 28.9 Å². The van der Waals surface area contributed by atoms with Crippen LogP contribution in [0.3, 0.4) is 0 Å². The number of hydrogen-bond acceptors (Lipinski definition) is 2. The Labute approximate surface area is 72.6 Å². The van der Waals surface area contributed by atoms with Crippen molar-refractivity contribution in [1.82, 2.24) is 4.98 Å². The molecule has 1 heterocycles. The van der Waals surface area contributed by atoms with E-state index in [0.29, 0.717) is 5.89 Å². The molecule has 1 rings (SSSR count). The summed E-state index contributed by atoms with van der Waals surface area (Å²) in [5, 5.41) is 0. The maximum Gasteiger partial charge on any atom is 0.191 e. The molecule has 12 heavy (non-hydrogen) atoms. The predicted octanol–water partition coefficient (Wildman–Crippen LogP) is 2.96. The third-order valence-corrected chi connectivity index (χ3v) is 1.57. The minimum Gasteiger partial charge on any atom is -0.449 e. The topological polar surface area (TPSA) is 26.0 Å². The Balaban J connectivity index is 2.96. The molecule has 0 unspecified atom stereocenters. The van der Waals surface area contributed by atoms with E-state index in [1.807, 2.05) is 39.0 Å². The van der Waals surface area contributed by atoms with Crippen LogP contribution in [-0.2, 0) is 0 Å². The first-order valence-corrected chi connectivity index (χ1v) is 3.99. The van der Waals surface area contributed by atoms with Crippen LogP contribution in [0, 0.1) is 6.92 Å². The number of allylic oxidation sites excluding steroid dienone is 4. The van der Waals surface area contributed by atoms with E-state index in [9.17, 15) is 0 Å². The quantitative estimate of drug-likeness (QED) is 0.626. The first-order chi connectivity index (χ1) is 5.77. The van der Waals surface area contributed by atoms with Crippen LogP contribution < -0.4 is 0 Å². The molecule has 0 saturated heterocycles. The largest absolute Gasteiger partial charge is 0.449 e. The van der Waals surface area contributed by atoms with E-state index in [1.165, 1.54) is 0 Å². The number of hydrogen-bond donors (Lipinski definition) is 0. The van der Waals surface area contributed by atoms with Gasteiger partial charge in [-0.05, 0) is 19.4 Å². The van der Waals surface area contributed by atoms with E-state index in [0.717, 1.165) is 11.3 Å². The zero-order valence-corrected chi connectivity index (χ0v) is 7.66. The van der Waals surface area contributed by atoms with Crippen molar-refractivity contribution in [2.75, 3.05) is 0 Å². The smallest absolute Gasteiger partial charge is 0.191 e. The van der Waals surface area contributed by atoms with E-state index in [-0.39, 0.29) is 0 Å². The lowest BCUT2D eigenvalue weighted by Gasteiger charge is -1.92. The molecule has 0 aliphatic heterocycles. The van der Waals surface area contributed by atoms with Crippen molar-refractivity contribution in [3.63, 3.8) is 0 Å². The number of aromatic nitrogens is 1. The van der Waals surface area contributed by atoms with Crippen LogP contribution in [0.5, 0.6) is 0 Å². The summed E-state index contributed by atoms with van der Waals surface area (Å²) in [6, 6.07) is 0. The molecule has 0 atom stereocenters. The lowest BCUT2D eigenvalue weighted by Crippen LogP contribution is -1.79. The SMILES string of the molecule is C/C=C\C(=C/C)c1coc(C)n1. The Morgan fingerprint density at radius 2 is 2.25 bits per heavy atom. The highest BCUT2D eigenvalue weighted by Crippen LogP contribution is 2.14. The minimum absolute atomic E-state index is 0.703. The molecule has 0 amide bonds.